The van der Waals surface area contributed by atoms with Gasteiger partial charge in [-0.3, -0.25) is 0 Å². The molecule has 0 amide bonds. The average Bonchev–Trinajstić information content (AvgIpc) is 3.10. The second-order valence-corrected chi connectivity index (χ2v) is 5.98. The Morgan fingerprint density at radius 2 is 1.75 bits per heavy atom. The summed E-state index contributed by atoms with van der Waals surface area (Å²) in [5.41, 5.74) is 2.89. The Hall–Kier alpha value is -2.48. The highest BCUT2D eigenvalue weighted by molar-refractivity contribution is 6.02. The lowest BCUT2D eigenvalue weighted by atomic mass is 9.80. The van der Waals surface area contributed by atoms with E-state index >= 15 is 0 Å². The van der Waals surface area contributed by atoms with Gasteiger partial charge in [0.2, 0.25) is 0 Å². The molecule has 1 fully saturated rings. The van der Waals surface area contributed by atoms with Gasteiger partial charge in [0.25, 0.3) is 5.91 Å². The smallest absolute Gasteiger partial charge is 0.293 e. The Kier molecular flexibility index (Phi) is 3.25. The molecule has 0 radical (unpaired) electrons. The molecule has 24 heavy (non-hydrogen) atoms. The molecular formula is C17H17FN4O2. The predicted molar refractivity (Wildman–Crippen MR) is 82.8 cm³/mol. The minimum atomic E-state index is -1.69. The number of hydrogen-bond acceptors (Lipinski definition) is 6. The molecule has 0 saturated heterocycles. The first kappa shape index (κ1) is 16.4. The first-order chi connectivity index (χ1) is 11.4. The standard InChI is InChI=1S/C17H17FN4O2/c1-4-14(11-5-7-12(18)8-6-11)15(9-19)13(21)22-17(23-2,24-3)16(14,15)10-20/h5-8H,4H2,1-3H3,(H2,21,22)/t14-,15+,16-/m1/s1. The van der Waals surface area contributed by atoms with E-state index in [1.165, 1.54) is 26.4 Å². The molecule has 1 aliphatic heterocycles. The van der Waals surface area contributed by atoms with Gasteiger partial charge >= 0.3 is 0 Å². The second-order valence-electron chi connectivity index (χ2n) is 5.98. The molecule has 2 N–H and O–H groups in total. The monoisotopic (exact) mass is 328 g/mol. The van der Waals surface area contributed by atoms with Crippen molar-refractivity contribution >= 4 is 5.84 Å². The third kappa shape index (κ3) is 1.24. The van der Waals surface area contributed by atoms with Crippen LogP contribution < -0.4 is 5.73 Å². The topological polar surface area (TPSA) is 104 Å². The van der Waals surface area contributed by atoms with E-state index in [0.717, 1.165) is 0 Å². The number of amidine groups is 1. The molecule has 0 bridgehead atoms. The third-order valence-corrected chi connectivity index (χ3v) is 5.66. The summed E-state index contributed by atoms with van der Waals surface area (Å²) in [5, 5.41) is 20.1. The number of benzene rings is 1. The summed E-state index contributed by atoms with van der Waals surface area (Å²) in [6, 6.07) is 10.2. The van der Waals surface area contributed by atoms with Gasteiger partial charge in [0.15, 0.2) is 10.8 Å². The van der Waals surface area contributed by atoms with Crippen LogP contribution in [0.25, 0.3) is 0 Å². The summed E-state index contributed by atoms with van der Waals surface area (Å²) in [6.45, 7) is 1.85. The van der Waals surface area contributed by atoms with Crippen LogP contribution in [0.5, 0.6) is 0 Å². The number of fused-ring (bicyclic) bond motifs is 1. The molecule has 2 aliphatic rings. The van der Waals surface area contributed by atoms with E-state index < -0.39 is 28.0 Å². The van der Waals surface area contributed by atoms with Crippen molar-refractivity contribution in [3.05, 3.63) is 35.6 Å². The van der Waals surface area contributed by atoms with E-state index in [2.05, 4.69) is 17.1 Å². The summed E-state index contributed by atoms with van der Waals surface area (Å²) in [6.07, 6.45) is 0.407. The Bertz CT molecular complexity index is 805. The molecule has 1 heterocycles. The molecule has 3 rings (SSSR count). The third-order valence-electron chi connectivity index (χ3n) is 5.66. The lowest BCUT2D eigenvalue weighted by Crippen LogP contribution is -2.45. The highest BCUT2D eigenvalue weighted by Gasteiger charge is 3.00. The Balaban J connectivity index is 2.38. The van der Waals surface area contributed by atoms with Gasteiger partial charge < -0.3 is 15.2 Å². The number of nitrogens with two attached hydrogens (primary N) is 1. The zero-order valence-electron chi connectivity index (χ0n) is 13.6. The van der Waals surface area contributed by atoms with Gasteiger partial charge in [0.1, 0.15) is 11.7 Å². The van der Waals surface area contributed by atoms with Crippen LogP contribution >= 0.6 is 0 Å². The van der Waals surface area contributed by atoms with Gasteiger partial charge in [0.05, 0.1) is 17.6 Å². The van der Waals surface area contributed by atoms with Crippen molar-refractivity contribution in [2.75, 3.05) is 14.2 Å². The Morgan fingerprint density at radius 3 is 2.17 bits per heavy atom. The van der Waals surface area contributed by atoms with Gasteiger partial charge in [-0.05, 0) is 24.1 Å². The first-order valence-electron chi connectivity index (χ1n) is 7.48. The summed E-state index contributed by atoms with van der Waals surface area (Å²) in [5.74, 6) is -2.09. The minimum Gasteiger partial charge on any atom is -0.386 e. The number of rotatable bonds is 4. The number of nitrogens with zero attached hydrogens (tertiary/aromatic N) is 3. The predicted octanol–water partition coefficient (Wildman–Crippen LogP) is 1.82. The summed E-state index contributed by atoms with van der Waals surface area (Å²) in [4.78, 5) is 4.19. The van der Waals surface area contributed by atoms with E-state index in [9.17, 15) is 14.9 Å². The normalized spacial score (nSPS) is 35.5. The quantitative estimate of drug-likeness (QED) is 0.849. The second kappa shape index (κ2) is 4.76. The molecule has 1 saturated carbocycles. The maximum atomic E-state index is 13.4. The summed E-state index contributed by atoms with van der Waals surface area (Å²) < 4.78 is 24.3. The fourth-order valence-electron chi connectivity index (χ4n) is 4.74. The molecule has 1 aromatic rings. The zero-order valence-corrected chi connectivity index (χ0v) is 13.6. The Labute approximate surface area is 139 Å². The number of aliphatic imine (C=N–C) groups is 1. The zero-order chi connectivity index (χ0) is 17.8. The van der Waals surface area contributed by atoms with Crippen molar-refractivity contribution in [2.45, 2.75) is 24.7 Å². The van der Waals surface area contributed by atoms with Gasteiger partial charge in [-0.15, -0.1) is 0 Å². The largest absolute Gasteiger partial charge is 0.386 e. The number of halogens is 1. The summed E-state index contributed by atoms with van der Waals surface area (Å²) in [7, 11) is 2.71. The average molecular weight is 328 g/mol. The van der Waals surface area contributed by atoms with E-state index in [1.54, 1.807) is 12.1 Å². The van der Waals surface area contributed by atoms with Crippen LogP contribution in [0.2, 0.25) is 0 Å². The molecule has 0 aromatic heterocycles. The first-order valence-corrected chi connectivity index (χ1v) is 7.48. The number of ether oxygens (including phenoxy) is 2. The fraction of sp³-hybridized carbons (Fsp3) is 0.471. The molecular weight excluding hydrogens is 311 g/mol. The van der Waals surface area contributed by atoms with Crippen LogP contribution in [0.3, 0.4) is 0 Å². The van der Waals surface area contributed by atoms with Gasteiger partial charge in [0, 0.05) is 14.2 Å². The van der Waals surface area contributed by atoms with Crippen molar-refractivity contribution in [2.24, 2.45) is 21.6 Å². The fourth-order valence-corrected chi connectivity index (χ4v) is 4.74. The lowest BCUT2D eigenvalue weighted by molar-refractivity contribution is -0.234. The molecule has 3 atom stereocenters. The number of nitriles is 2. The molecule has 1 aromatic carbocycles. The van der Waals surface area contributed by atoms with Crippen molar-refractivity contribution in [1.82, 2.24) is 0 Å². The maximum absolute atomic E-state index is 13.4. The lowest BCUT2D eigenvalue weighted by Gasteiger charge is -2.33. The molecule has 0 spiro atoms. The SMILES string of the molecule is CC[C@@]1(c2ccc(F)cc2)[C@]2(C#N)C(N)=NC(OC)(OC)[C@@]21C#N. The number of hydrogen-bond donors (Lipinski definition) is 1. The molecule has 6 nitrogen and oxygen atoms in total. The van der Waals surface area contributed by atoms with Crippen molar-refractivity contribution in [3.63, 3.8) is 0 Å². The van der Waals surface area contributed by atoms with Crippen LogP contribution in [0.15, 0.2) is 29.3 Å². The summed E-state index contributed by atoms with van der Waals surface area (Å²) >= 11 is 0. The minimum absolute atomic E-state index is 0.00132. The maximum Gasteiger partial charge on any atom is 0.293 e. The van der Waals surface area contributed by atoms with Crippen LogP contribution in [0, 0.1) is 39.3 Å². The molecule has 7 heteroatoms. The van der Waals surface area contributed by atoms with Crippen LogP contribution in [-0.2, 0) is 14.9 Å². The highest BCUT2D eigenvalue weighted by Crippen LogP contribution is 2.86. The van der Waals surface area contributed by atoms with E-state index in [0.29, 0.717) is 12.0 Å². The molecule has 124 valence electrons. The van der Waals surface area contributed by atoms with E-state index in [-0.39, 0.29) is 5.84 Å². The van der Waals surface area contributed by atoms with Gasteiger partial charge in [-0.2, -0.15) is 10.5 Å². The van der Waals surface area contributed by atoms with Crippen molar-refractivity contribution in [3.8, 4) is 12.1 Å². The van der Waals surface area contributed by atoms with Crippen LogP contribution in [0.1, 0.15) is 18.9 Å². The van der Waals surface area contributed by atoms with Gasteiger partial charge in [-0.25, -0.2) is 9.38 Å². The highest BCUT2D eigenvalue weighted by atomic mass is 19.1. The van der Waals surface area contributed by atoms with Crippen molar-refractivity contribution in [1.29, 1.82) is 10.5 Å². The van der Waals surface area contributed by atoms with Crippen molar-refractivity contribution < 1.29 is 13.9 Å². The molecule has 1 aliphatic carbocycles. The van der Waals surface area contributed by atoms with Crippen LogP contribution in [0.4, 0.5) is 4.39 Å². The van der Waals surface area contributed by atoms with Crippen LogP contribution in [-0.4, -0.2) is 26.0 Å². The molecule has 0 unspecified atom stereocenters. The van der Waals surface area contributed by atoms with E-state index in [1.807, 2.05) is 6.92 Å². The number of methoxy groups -OCH3 is 2. The van der Waals surface area contributed by atoms with Gasteiger partial charge in [-0.1, -0.05) is 19.1 Å². The Morgan fingerprint density at radius 1 is 1.17 bits per heavy atom. The van der Waals surface area contributed by atoms with E-state index in [4.69, 9.17) is 15.2 Å².